The standard InChI is InChI=1S/C15H22N2O2S/c1-3-4-15(18)17(10-9-14(16)20)11-12-5-7-13(19-2)8-6-12/h5-8H,3-4,9-11H2,1-2H3,(H2,16,20). The Balaban J connectivity index is 2.70. The van der Waals surface area contributed by atoms with Crippen LogP contribution in [0.25, 0.3) is 0 Å². The average molecular weight is 294 g/mol. The van der Waals surface area contributed by atoms with Gasteiger partial charge in [-0.05, 0) is 24.1 Å². The van der Waals surface area contributed by atoms with E-state index in [0.717, 1.165) is 17.7 Å². The Morgan fingerprint density at radius 3 is 2.45 bits per heavy atom. The van der Waals surface area contributed by atoms with Gasteiger partial charge in [0.1, 0.15) is 5.75 Å². The third-order valence-corrected chi connectivity index (χ3v) is 3.18. The molecule has 0 saturated heterocycles. The lowest BCUT2D eigenvalue weighted by Gasteiger charge is -2.22. The van der Waals surface area contributed by atoms with Crippen molar-refractivity contribution in [1.82, 2.24) is 4.90 Å². The first-order valence-corrected chi connectivity index (χ1v) is 7.16. The minimum Gasteiger partial charge on any atom is -0.497 e. The maximum absolute atomic E-state index is 12.1. The summed E-state index contributed by atoms with van der Waals surface area (Å²) >= 11 is 4.89. The van der Waals surface area contributed by atoms with Gasteiger partial charge >= 0.3 is 0 Å². The molecule has 0 bridgehead atoms. The number of hydrogen-bond acceptors (Lipinski definition) is 3. The highest BCUT2D eigenvalue weighted by Crippen LogP contribution is 2.14. The summed E-state index contributed by atoms with van der Waals surface area (Å²) in [5, 5.41) is 0. The lowest BCUT2D eigenvalue weighted by molar-refractivity contribution is -0.131. The number of ether oxygens (including phenoxy) is 1. The van der Waals surface area contributed by atoms with Crippen molar-refractivity contribution in [2.24, 2.45) is 5.73 Å². The predicted molar refractivity (Wildman–Crippen MR) is 84.7 cm³/mol. The largest absolute Gasteiger partial charge is 0.497 e. The van der Waals surface area contributed by atoms with Crippen LogP contribution in [0.5, 0.6) is 5.75 Å². The first-order chi connectivity index (χ1) is 9.56. The molecule has 0 fully saturated rings. The van der Waals surface area contributed by atoms with Gasteiger partial charge < -0.3 is 15.4 Å². The lowest BCUT2D eigenvalue weighted by Crippen LogP contribution is -2.33. The molecular weight excluding hydrogens is 272 g/mol. The molecule has 0 saturated carbocycles. The van der Waals surface area contributed by atoms with Crippen molar-refractivity contribution in [1.29, 1.82) is 0 Å². The molecule has 1 rings (SSSR count). The number of benzene rings is 1. The summed E-state index contributed by atoms with van der Waals surface area (Å²) in [6.45, 7) is 3.14. The molecule has 0 aromatic heterocycles. The highest BCUT2D eigenvalue weighted by Gasteiger charge is 2.13. The van der Waals surface area contributed by atoms with E-state index in [2.05, 4.69) is 0 Å². The summed E-state index contributed by atoms with van der Waals surface area (Å²) in [5.74, 6) is 0.947. The van der Waals surface area contributed by atoms with Crippen molar-refractivity contribution in [3.63, 3.8) is 0 Å². The molecule has 5 heteroatoms. The van der Waals surface area contributed by atoms with Crippen LogP contribution in [0.3, 0.4) is 0 Å². The fourth-order valence-electron chi connectivity index (χ4n) is 1.86. The first kappa shape index (κ1) is 16.4. The van der Waals surface area contributed by atoms with E-state index in [-0.39, 0.29) is 5.91 Å². The molecule has 0 atom stereocenters. The number of carbonyl (C=O) groups is 1. The fourth-order valence-corrected chi connectivity index (χ4v) is 1.95. The number of hydrogen-bond donors (Lipinski definition) is 1. The van der Waals surface area contributed by atoms with E-state index < -0.39 is 0 Å². The van der Waals surface area contributed by atoms with Gasteiger partial charge in [-0.25, -0.2) is 0 Å². The van der Waals surface area contributed by atoms with Crippen LogP contribution in [0.1, 0.15) is 31.7 Å². The van der Waals surface area contributed by atoms with Gasteiger partial charge in [0.15, 0.2) is 0 Å². The molecule has 0 heterocycles. The van der Waals surface area contributed by atoms with Gasteiger partial charge in [-0.3, -0.25) is 4.79 Å². The summed E-state index contributed by atoms with van der Waals surface area (Å²) < 4.78 is 5.12. The van der Waals surface area contributed by atoms with E-state index in [1.807, 2.05) is 36.1 Å². The molecule has 0 radical (unpaired) electrons. The fraction of sp³-hybridized carbons (Fsp3) is 0.467. The molecule has 0 aliphatic rings. The van der Waals surface area contributed by atoms with Crippen molar-refractivity contribution in [2.45, 2.75) is 32.7 Å². The van der Waals surface area contributed by atoms with Gasteiger partial charge in [-0.2, -0.15) is 0 Å². The van der Waals surface area contributed by atoms with Crippen LogP contribution >= 0.6 is 12.2 Å². The highest BCUT2D eigenvalue weighted by atomic mass is 32.1. The van der Waals surface area contributed by atoms with Gasteiger partial charge in [0.2, 0.25) is 5.91 Å². The Morgan fingerprint density at radius 2 is 1.95 bits per heavy atom. The topological polar surface area (TPSA) is 55.6 Å². The minimum atomic E-state index is 0.138. The zero-order valence-electron chi connectivity index (χ0n) is 12.1. The average Bonchev–Trinajstić information content (AvgIpc) is 2.44. The molecule has 20 heavy (non-hydrogen) atoms. The van der Waals surface area contributed by atoms with E-state index >= 15 is 0 Å². The van der Waals surface area contributed by atoms with Gasteiger partial charge in [0, 0.05) is 25.9 Å². The second-order valence-corrected chi connectivity index (χ2v) is 5.15. The summed E-state index contributed by atoms with van der Waals surface area (Å²) in [7, 11) is 1.63. The van der Waals surface area contributed by atoms with E-state index in [0.29, 0.717) is 30.9 Å². The molecule has 1 amide bonds. The van der Waals surface area contributed by atoms with Crippen molar-refractivity contribution in [3.05, 3.63) is 29.8 Å². The van der Waals surface area contributed by atoms with Gasteiger partial charge in [-0.1, -0.05) is 31.3 Å². The predicted octanol–water partition coefficient (Wildman–Crippen LogP) is 2.50. The van der Waals surface area contributed by atoms with Crippen LogP contribution in [-0.2, 0) is 11.3 Å². The molecule has 0 unspecified atom stereocenters. The number of amides is 1. The summed E-state index contributed by atoms with van der Waals surface area (Å²) in [6, 6.07) is 7.72. The van der Waals surface area contributed by atoms with Gasteiger partial charge in [-0.15, -0.1) is 0 Å². The van der Waals surface area contributed by atoms with Crippen molar-refractivity contribution in [2.75, 3.05) is 13.7 Å². The van der Waals surface area contributed by atoms with Crippen LogP contribution < -0.4 is 10.5 Å². The number of carbonyl (C=O) groups excluding carboxylic acids is 1. The van der Waals surface area contributed by atoms with Crippen LogP contribution in [0.2, 0.25) is 0 Å². The molecule has 110 valence electrons. The van der Waals surface area contributed by atoms with Crippen molar-refractivity contribution >= 4 is 23.1 Å². The molecule has 1 aromatic rings. The monoisotopic (exact) mass is 294 g/mol. The molecule has 0 aliphatic heterocycles. The zero-order valence-corrected chi connectivity index (χ0v) is 12.9. The lowest BCUT2D eigenvalue weighted by atomic mass is 10.2. The molecule has 0 spiro atoms. The Morgan fingerprint density at radius 1 is 1.30 bits per heavy atom. The minimum absolute atomic E-state index is 0.138. The van der Waals surface area contributed by atoms with Crippen LogP contribution in [0, 0.1) is 0 Å². The Kier molecular flexibility index (Phi) is 7.01. The Hall–Kier alpha value is -1.62. The van der Waals surface area contributed by atoms with Crippen LogP contribution in [0.15, 0.2) is 24.3 Å². The Labute approximate surface area is 125 Å². The van der Waals surface area contributed by atoms with Crippen LogP contribution in [-0.4, -0.2) is 29.5 Å². The number of nitrogens with two attached hydrogens (primary N) is 1. The number of thiocarbonyl (C=S) groups is 1. The van der Waals surface area contributed by atoms with E-state index in [1.54, 1.807) is 7.11 Å². The molecule has 1 aromatic carbocycles. The van der Waals surface area contributed by atoms with Crippen LogP contribution in [0.4, 0.5) is 0 Å². The molecule has 0 aliphatic carbocycles. The first-order valence-electron chi connectivity index (χ1n) is 6.75. The van der Waals surface area contributed by atoms with Gasteiger partial charge in [0.05, 0.1) is 12.1 Å². The summed E-state index contributed by atoms with van der Waals surface area (Å²) in [4.78, 5) is 14.3. The molecule has 2 N–H and O–H groups in total. The quantitative estimate of drug-likeness (QED) is 0.748. The maximum atomic E-state index is 12.1. The summed E-state index contributed by atoms with van der Waals surface area (Å²) in [6.07, 6.45) is 1.94. The van der Waals surface area contributed by atoms with E-state index in [4.69, 9.17) is 22.7 Å². The van der Waals surface area contributed by atoms with E-state index in [9.17, 15) is 4.79 Å². The summed E-state index contributed by atoms with van der Waals surface area (Å²) in [5.41, 5.74) is 6.59. The number of nitrogens with zero attached hydrogens (tertiary/aromatic N) is 1. The second-order valence-electron chi connectivity index (χ2n) is 4.63. The smallest absolute Gasteiger partial charge is 0.222 e. The Bertz CT molecular complexity index is 446. The SMILES string of the molecule is CCCC(=O)N(CCC(N)=S)Cc1ccc(OC)cc1. The zero-order chi connectivity index (χ0) is 15.0. The van der Waals surface area contributed by atoms with Gasteiger partial charge in [0.25, 0.3) is 0 Å². The maximum Gasteiger partial charge on any atom is 0.222 e. The normalized spacial score (nSPS) is 10.1. The molecule has 4 nitrogen and oxygen atoms in total. The van der Waals surface area contributed by atoms with Crippen molar-refractivity contribution < 1.29 is 9.53 Å². The third-order valence-electron chi connectivity index (χ3n) is 2.98. The van der Waals surface area contributed by atoms with Crippen molar-refractivity contribution in [3.8, 4) is 5.75 Å². The number of rotatable bonds is 8. The number of methoxy groups -OCH3 is 1. The third kappa shape index (κ3) is 5.57. The second kappa shape index (κ2) is 8.53. The highest BCUT2D eigenvalue weighted by molar-refractivity contribution is 7.80. The van der Waals surface area contributed by atoms with E-state index in [1.165, 1.54) is 0 Å². The molecular formula is C15H22N2O2S.